The van der Waals surface area contributed by atoms with Crippen LogP contribution in [0.1, 0.15) is 41.6 Å². The van der Waals surface area contributed by atoms with Gasteiger partial charge < -0.3 is 15.4 Å². The lowest BCUT2D eigenvalue weighted by atomic mass is 9.91. The summed E-state index contributed by atoms with van der Waals surface area (Å²) in [5.41, 5.74) is 2.78. The van der Waals surface area contributed by atoms with Crippen LogP contribution in [0.3, 0.4) is 0 Å². The fraction of sp³-hybridized carbons (Fsp3) is 0.350. The first-order valence-corrected chi connectivity index (χ1v) is 8.61. The summed E-state index contributed by atoms with van der Waals surface area (Å²) >= 11 is 0. The van der Waals surface area contributed by atoms with Crippen LogP contribution in [0.2, 0.25) is 0 Å². The number of amides is 1. The van der Waals surface area contributed by atoms with Gasteiger partial charge in [-0.05, 0) is 74.2 Å². The molecule has 0 aromatic heterocycles. The monoisotopic (exact) mass is 324 g/mol. The molecule has 2 aromatic rings. The molecule has 1 amide bonds. The minimum absolute atomic E-state index is 0.106. The maximum absolute atomic E-state index is 12.3. The summed E-state index contributed by atoms with van der Waals surface area (Å²) in [6, 6.07) is 15.4. The smallest absolute Gasteiger partial charge is 0.255 e. The van der Waals surface area contributed by atoms with Gasteiger partial charge in [-0.3, -0.25) is 4.79 Å². The predicted octanol–water partition coefficient (Wildman–Crippen LogP) is 3.80. The van der Waals surface area contributed by atoms with Gasteiger partial charge in [-0.2, -0.15) is 0 Å². The lowest BCUT2D eigenvalue weighted by Gasteiger charge is -2.23. The minimum atomic E-state index is -0.106. The van der Waals surface area contributed by atoms with Gasteiger partial charge >= 0.3 is 0 Å². The standard InChI is InChI=1S/C20H24N2O2/c1-2-24-19-11-7-16(8-12-19)20(23)22-18-9-5-15(6-10-18)17-4-3-13-21-14-17/h5-12,17,21H,2-4,13-14H2,1H3,(H,22,23)/t17-/m1/s1. The SMILES string of the molecule is CCOc1ccc(C(=O)Nc2ccc([C@@H]3CCCNC3)cc2)cc1. The van der Waals surface area contributed by atoms with Crippen molar-refractivity contribution in [2.45, 2.75) is 25.7 Å². The molecule has 0 saturated carbocycles. The van der Waals surface area contributed by atoms with Crippen LogP contribution in [-0.4, -0.2) is 25.6 Å². The molecule has 2 N–H and O–H groups in total. The average molecular weight is 324 g/mol. The van der Waals surface area contributed by atoms with Gasteiger partial charge in [0.05, 0.1) is 6.61 Å². The molecule has 1 saturated heterocycles. The fourth-order valence-electron chi connectivity index (χ4n) is 3.05. The van der Waals surface area contributed by atoms with Gasteiger partial charge in [-0.1, -0.05) is 12.1 Å². The second-order valence-corrected chi connectivity index (χ2v) is 6.08. The molecular formula is C20H24N2O2. The van der Waals surface area contributed by atoms with Crippen LogP contribution < -0.4 is 15.4 Å². The van der Waals surface area contributed by atoms with Crippen molar-refractivity contribution in [3.63, 3.8) is 0 Å². The molecule has 24 heavy (non-hydrogen) atoms. The first kappa shape index (κ1) is 16.5. The van der Waals surface area contributed by atoms with Gasteiger partial charge in [-0.15, -0.1) is 0 Å². The Bertz CT molecular complexity index is 659. The number of hydrogen-bond donors (Lipinski definition) is 2. The van der Waals surface area contributed by atoms with E-state index in [0.717, 1.165) is 24.5 Å². The molecule has 0 aliphatic carbocycles. The lowest BCUT2D eigenvalue weighted by Crippen LogP contribution is -2.28. The van der Waals surface area contributed by atoms with Gasteiger partial charge in [0.2, 0.25) is 0 Å². The van der Waals surface area contributed by atoms with Crippen LogP contribution in [-0.2, 0) is 0 Å². The van der Waals surface area contributed by atoms with Crippen LogP contribution in [0.15, 0.2) is 48.5 Å². The van der Waals surface area contributed by atoms with Gasteiger partial charge in [-0.25, -0.2) is 0 Å². The zero-order valence-electron chi connectivity index (χ0n) is 14.0. The Labute approximate surface area is 143 Å². The number of ether oxygens (including phenoxy) is 1. The highest BCUT2D eigenvalue weighted by Crippen LogP contribution is 2.24. The third-order valence-corrected chi connectivity index (χ3v) is 4.36. The zero-order chi connectivity index (χ0) is 16.8. The number of benzene rings is 2. The van der Waals surface area contributed by atoms with Crippen LogP contribution in [0, 0.1) is 0 Å². The molecular weight excluding hydrogens is 300 g/mol. The number of anilines is 1. The van der Waals surface area contributed by atoms with E-state index in [9.17, 15) is 4.79 Å². The number of hydrogen-bond acceptors (Lipinski definition) is 3. The summed E-state index contributed by atoms with van der Waals surface area (Å²) < 4.78 is 5.39. The lowest BCUT2D eigenvalue weighted by molar-refractivity contribution is 0.102. The van der Waals surface area contributed by atoms with Crippen molar-refractivity contribution >= 4 is 11.6 Å². The molecule has 1 fully saturated rings. The van der Waals surface area contributed by atoms with Gasteiger partial charge in [0, 0.05) is 17.8 Å². The third-order valence-electron chi connectivity index (χ3n) is 4.36. The Hall–Kier alpha value is -2.33. The molecule has 1 atom stereocenters. The van der Waals surface area contributed by atoms with Gasteiger partial charge in [0.1, 0.15) is 5.75 Å². The van der Waals surface area contributed by atoms with Crippen molar-refractivity contribution in [3.8, 4) is 5.75 Å². The van der Waals surface area contributed by atoms with E-state index in [4.69, 9.17) is 4.74 Å². The number of nitrogens with one attached hydrogen (secondary N) is 2. The summed E-state index contributed by atoms with van der Waals surface area (Å²) in [5.74, 6) is 1.25. The van der Waals surface area contributed by atoms with Crippen LogP contribution in [0.4, 0.5) is 5.69 Å². The Morgan fingerprint density at radius 3 is 2.54 bits per heavy atom. The van der Waals surface area contributed by atoms with Crippen LogP contribution >= 0.6 is 0 Å². The summed E-state index contributed by atoms with van der Waals surface area (Å²) in [6.45, 7) is 4.71. The van der Waals surface area contributed by atoms with E-state index in [2.05, 4.69) is 22.8 Å². The Morgan fingerprint density at radius 2 is 1.92 bits per heavy atom. The van der Waals surface area contributed by atoms with E-state index in [1.807, 2.05) is 31.2 Å². The van der Waals surface area contributed by atoms with E-state index in [1.165, 1.54) is 18.4 Å². The maximum atomic E-state index is 12.3. The first-order chi connectivity index (χ1) is 11.8. The van der Waals surface area contributed by atoms with E-state index in [1.54, 1.807) is 12.1 Å². The third kappa shape index (κ3) is 4.15. The van der Waals surface area contributed by atoms with Crippen molar-refractivity contribution in [1.82, 2.24) is 5.32 Å². The molecule has 2 aromatic carbocycles. The quantitative estimate of drug-likeness (QED) is 0.879. The molecule has 126 valence electrons. The van der Waals surface area contributed by atoms with Crippen molar-refractivity contribution < 1.29 is 9.53 Å². The second kappa shape index (κ2) is 7.97. The molecule has 3 rings (SSSR count). The highest BCUT2D eigenvalue weighted by atomic mass is 16.5. The largest absolute Gasteiger partial charge is 0.494 e. The average Bonchev–Trinajstić information content (AvgIpc) is 2.64. The topological polar surface area (TPSA) is 50.4 Å². The molecule has 4 heteroatoms. The first-order valence-electron chi connectivity index (χ1n) is 8.61. The summed E-state index contributed by atoms with van der Waals surface area (Å²) in [6.07, 6.45) is 2.45. The van der Waals surface area contributed by atoms with E-state index >= 15 is 0 Å². The number of carbonyl (C=O) groups is 1. The Balaban J connectivity index is 1.61. The Kier molecular flexibility index (Phi) is 5.49. The van der Waals surface area contributed by atoms with E-state index in [0.29, 0.717) is 18.1 Å². The van der Waals surface area contributed by atoms with Gasteiger partial charge in [0.15, 0.2) is 0 Å². The predicted molar refractivity (Wildman–Crippen MR) is 96.9 cm³/mol. The molecule has 0 spiro atoms. The molecule has 1 heterocycles. The van der Waals surface area contributed by atoms with E-state index < -0.39 is 0 Å². The molecule has 0 radical (unpaired) electrons. The van der Waals surface area contributed by atoms with Crippen molar-refractivity contribution in [3.05, 3.63) is 59.7 Å². The van der Waals surface area contributed by atoms with Crippen molar-refractivity contribution in [2.75, 3.05) is 25.0 Å². The maximum Gasteiger partial charge on any atom is 0.255 e. The van der Waals surface area contributed by atoms with Crippen molar-refractivity contribution in [1.29, 1.82) is 0 Å². The van der Waals surface area contributed by atoms with Gasteiger partial charge in [0.25, 0.3) is 5.91 Å². The number of piperidine rings is 1. The zero-order valence-corrected chi connectivity index (χ0v) is 14.0. The number of rotatable bonds is 5. The normalized spacial score (nSPS) is 17.3. The highest BCUT2D eigenvalue weighted by Gasteiger charge is 2.15. The molecule has 0 unspecified atom stereocenters. The second-order valence-electron chi connectivity index (χ2n) is 6.08. The molecule has 0 bridgehead atoms. The fourth-order valence-corrected chi connectivity index (χ4v) is 3.05. The number of carbonyl (C=O) groups excluding carboxylic acids is 1. The molecule has 1 aliphatic heterocycles. The summed E-state index contributed by atoms with van der Waals surface area (Å²) in [7, 11) is 0. The summed E-state index contributed by atoms with van der Waals surface area (Å²) in [5, 5.41) is 6.38. The molecule has 4 nitrogen and oxygen atoms in total. The summed E-state index contributed by atoms with van der Waals surface area (Å²) in [4.78, 5) is 12.3. The Morgan fingerprint density at radius 1 is 1.17 bits per heavy atom. The highest BCUT2D eigenvalue weighted by molar-refractivity contribution is 6.04. The van der Waals surface area contributed by atoms with Crippen LogP contribution in [0.25, 0.3) is 0 Å². The van der Waals surface area contributed by atoms with Crippen LogP contribution in [0.5, 0.6) is 5.75 Å². The minimum Gasteiger partial charge on any atom is -0.494 e. The molecule has 1 aliphatic rings. The van der Waals surface area contributed by atoms with E-state index in [-0.39, 0.29) is 5.91 Å². The van der Waals surface area contributed by atoms with Crippen molar-refractivity contribution in [2.24, 2.45) is 0 Å².